The summed E-state index contributed by atoms with van der Waals surface area (Å²) in [6.07, 6.45) is 7.92. The minimum Gasteiger partial charge on any atom is -0.481 e. The molecule has 2 aromatic heterocycles. The van der Waals surface area contributed by atoms with Crippen molar-refractivity contribution >= 4 is 33.3 Å². The zero-order valence-corrected chi connectivity index (χ0v) is 14.0. The number of rotatable bonds is 3. The van der Waals surface area contributed by atoms with E-state index >= 15 is 0 Å². The van der Waals surface area contributed by atoms with Crippen molar-refractivity contribution in [3.63, 3.8) is 0 Å². The number of anilines is 1. The summed E-state index contributed by atoms with van der Waals surface area (Å²) in [5.74, 6) is 0.502. The maximum atomic E-state index is 11.6. The van der Waals surface area contributed by atoms with E-state index in [1.807, 2.05) is 0 Å². The fourth-order valence-electron chi connectivity index (χ4n) is 3.93. The third-order valence-electron chi connectivity index (χ3n) is 5.27. The van der Waals surface area contributed by atoms with Crippen LogP contribution >= 0.6 is 11.3 Å². The number of fused-ring (bicyclic) bond motifs is 3. The second-order valence-electron chi connectivity index (χ2n) is 6.87. The molecule has 23 heavy (non-hydrogen) atoms. The Balaban J connectivity index is 1.71. The number of carbonyl (C=O) groups is 1. The second-order valence-corrected chi connectivity index (χ2v) is 7.96. The highest BCUT2D eigenvalue weighted by Crippen LogP contribution is 2.45. The van der Waals surface area contributed by atoms with Crippen molar-refractivity contribution in [3.8, 4) is 0 Å². The highest BCUT2D eigenvalue weighted by molar-refractivity contribution is 7.19. The third-order valence-corrected chi connectivity index (χ3v) is 6.44. The van der Waals surface area contributed by atoms with E-state index in [1.54, 1.807) is 17.7 Å². The quantitative estimate of drug-likeness (QED) is 0.895. The molecule has 0 saturated heterocycles. The van der Waals surface area contributed by atoms with E-state index < -0.39 is 11.9 Å². The van der Waals surface area contributed by atoms with Crippen LogP contribution in [0, 0.1) is 5.92 Å². The van der Waals surface area contributed by atoms with Crippen molar-refractivity contribution in [2.75, 3.05) is 5.32 Å². The Kier molecular flexibility index (Phi) is 3.71. The van der Waals surface area contributed by atoms with E-state index in [0.717, 1.165) is 46.8 Å². The Morgan fingerprint density at radius 1 is 1.26 bits per heavy atom. The van der Waals surface area contributed by atoms with Crippen LogP contribution in [0.2, 0.25) is 0 Å². The summed E-state index contributed by atoms with van der Waals surface area (Å²) in [5.41, 5.74) is 0.963. The van der Waals surface area contributed by atoms with Crippen LogP contribution in [-0.2, 0) is 11.2 Å². The molecule has 2 heterocycles. The van der Waals surface area contributed by atoms with Crippen molar-refractivity contribution < 1.29 is 9.90 Å². The third kappa shape index (κ3) is 2.59. The van der Waals surface area contributed by atoms with Crippen LogP contribution in [0.5, 0.6) is 0 Å². The molecule has 1 saturated carbocycles. The van der Waals surface area contributed by atoms with Gasteiger partial charge in [0, 0.05) is 10.9 Å². The number of nitrogens with one attached hydrogen (secondary N) is 1. The standard InChI is InChI=1S/C17H21N3O2S/c1-9-2-4-10(5-3-9)20-15-14-13-11(17(21)22)6-7-12(13)23-16(14)19-8-18-15/h8-11H,2-7H2,1H3,(H,21,22)(H,18,19,20). The van der Waals surface area contributed by atoms with Gasteiger partial charge < -0.3 is 10.4 Å². The minimum atomic E-state index is -0.732. The fraction of sp³-hybridized carbons (Fsp3) is 0.588. The van der Waals surface area contributed by atoms with Gasteiger partial charge in [0.15, 0.2) is 0 Å². The predicted molar refractivity (Wildman–Crippen MR) is 91.2 cm³/mol. The normalized spacial score (nSPS) is 27.1. The smallest absolute Gasteiger partial charge is 0.311 e. The summed E-state index contributed by atoms with van der Waals surface area (Å²) in [4.78, 5) is 22.5. The van der Waals surface area contributed by atoms with Gasteiger partial charge in [0.1, 0.15) is 17.0 Å². The molecule has 2 N–H and O–H groups in total. The monoisotopic (exact) mass is 331 g/mol. The Morgan fingerprint density at radius 2 is 2.04 bits per heavy atom. The summed E-state index contributed by atoms with van der Waals surface area (Å²) in [6.45, 7) is 2.31. The van der Waals surface area contributed by atoms with Gasteiger partial charge in [-0.05, 0) is 50.0 Å². The lowest BCUT2D eigenvalue weighted by atomic mass is 9.87. The van der Waals surface area contributed by atoms with E-state index in [4.69, 9.17) is 0 Å². The van der Waals surface area contributed by atoms with Crippen LogP contribution < -0.4 is 5.32 Å². The number of aromatic nitrogens is 2. The number of hydrogen-bond acceptors (Lipinski definition) is 5. The number of aryl methyl sites for hydroxylation is 1. The molecule has 122 valence electrons. The Hall–Kier alpha value is -1.69. The molecule has 2 aliphatic carbocycles. The molecule has 0 amide bonds. The summed E-state index contributed by atoms with van der Waals surface area (Å²) in [6, 6.07) is 0.435. The summed E-state index contributed by atoms with van der Waals surface area (Å²) < 4.78 is 0. The van der Waals surface area contributed by atoms with Crippen LogP contribution in [0.1, 0.15) is 55.4 Å². The fourth-order valence-corrected chi connectivity index (χ4v) is 5.14. The topological polar surface area (TPSA) is 75.1 Å². The van der Waals surface area contributed by atoms with Crippen molar-refractivity contribution in [2.45, 2.75) is 57.4 Å². The van der Waals surface area contributed by atoms with E-state index in [9.17, 15) is 9.90 Å². The van der Waals surface area contributed by atoms with Gasteiger partial charge in [-0.15, -0.1) is 11.3 Å². The van der Waals surface area contributed by atoms with Gasteiger partial charge in [0.25, 0.3) is 0 Å². The number of carboxylic acids is 1. The molecule has 0 aromatic carbocycles. The lowest BCUT2D eigenvalue weighted by molar-refractivity contribution is -0.138. The van der Waals surface area contributed by atoms with E-state index in [0.29, 0.717) is 12.5 Å². The number of thiophene rings is 1. The second kappa shape index (κ2) is 5.74. The molecule has 5 nitrogen and oxygen atoms in total. The highest BCUT2D eigenvalue weighted by Gasteiger charge is 2.34. The van der Waals surface area contributed by atoms with Gasteiger partial charge >= 0.3 is 5.97 Å². The average Bonchev–Trinajstić information content (AvgIpc) is 3.08. The average molecular weight is 331 g/mol. The first-order chi connectivity index (χ1) is 11.1. The molecule has 0 aliphatic heterocycles. The van der Waals surface area contributed by atoms with Gasteiger partial charge in [-0.25, -0.2) is 9.97 Å². The van der Waals surface area contributed by atoms with Crippen LogP contribution in [0.25, 0.3) is 10.2 Å². The molecule has 0 radical (unpaired) electrons. The molecule has 0 bridgehead atoms. The Morgan fingerprint density at radius 3 is 2.78 bits per heavy atom. The molecule has 6 heteroatoms. The van der Waals surface area contributed by atoms with Crippen molar-refractivity contribution in [1.29, 1.82) is 0 Å². The summed E-state index contributed by atoms with van der Waals surface area (Å²) in [7, 11) is 0. The lowest BCUT2D eigenvalue weighted by Crippen LogP contribution is -2.25. The molecular formula is C17H21N3O2S. The SMILES string of the molecule is CC1CCC(Nc2ncnc3sc4c(c23)C(C(=O)O)CC4)CC1. The number of nitrogens with zero attached hydrogens (tertiary/aromatic N) is 2. The molecule has 1 unspecified atom stereocenters. The van der Waals surface area contributed by atoms with Gasteiger partial charge in [-0.3, -0.25) is 4.79 Å². The summed E-state index contributed by atoms with van der Waals surface area (Å²) in [5, 5.41) is 14.1. The molecule has 1 atom stereocenters. The molecule has 4 rings (SSSR count). The van der Waals surface area contributed by atoms with E-state index in [-0.39, 0.29) is 0 Å². The maximum Gasteiger partial charge on any atom is 0.311 e. The first-order valence-electron chi connectivity index (χ1n) is 8.39. The molecule has 2 aliphatic rings. The van der Waals surface area contributed by atoms with Crippen LogP contribution in [0.4, 0.5) is 5.82 Å². The highest BCUT2D eigenvalue weighted by atomic mass is 32.1. The van der Waals surface area contributed by atoms with Crippen LogP contribution in [0.15, 0.2) is 6.33 Å². The van der Waals surface area contributed by atoms with Crippen molar-refractivity contribution in [1.82, 2.24) is 9.97 Å². The van der Waals surface area contributed by atoms with E-state index in [1.165, 1.54) is 17.7 Å². The van der Waals surface area contributed by atoms with E-state index in [2.05, 4.69) is 22.2 Å². The van der Waals surface area contributed by atoms with Crippen molar-refractivity contribution in [3.05, 3.63) is 16.8 Å². The zero-order valence-electron chi connectivity index (χ0n) is 13.2. The number of hydrogen-bond donors (Lipinski definition) is 2. The largest absolute Gasteiger partial charge is 0.481 e. The minimum absolute atomic E-state index is 0.406. The molecular weight excluding hydrogens is 310 g/mol. The van der Waals surface area contributed by atoms with Crippen LogP contribution in [0.3, 0.4) is 0 Å². The zero-order chi connectivity index (χ0) is 16.0. The first kappa shape index (κ1) is 14.9. The first-order valence-corrected chi connectivity index (χ1v) is 9.20. The van der Waals surface area contributed by atoms with Gasteiger partial charge in [-0.2, -0.15) is 0 Å². The van der Waals surface area contributed by atoms with Crippen molar-refractivity contribution in [2.24, 2.45) is 5.92 Å². The lowest BCUT2D eigenvalue weighted by Gasteiger charge is -2.27. The van der Waals surface area contributed by atoms with Crippen LogP contribution in [-0.4, -0.2) is 27.1 Å². The predicted octanol–water partition coefficient (Wildman–Crippen LogP) is 3.80. The molecule has 0 spiro atoms. The summed E-state index contributed by atoms with van der Waals surface area (Å²) >= 11 is 1.63. The van der Waals surface area contributed by atoms with Gasteiger partial charge in [0.05, 0.1) is 11.3 Å². The number of aliphatic carboxylic acids is 1. The molecule has 2 aromatic rings. The Labute approximate surface area is 139 Å². The Bertz CT molecular complexity index is 750. The maximum absolute atomic E-state index is 11.6. The molecule has 1 fully saturated rings. The van der Waals surface area contributed by atoms with Gasteiger partial charge in [-0.1, -0.05) is 6.92 Å². The van der Waals surface area contributed by atoms with Gasteiger partial charge in [0.2, 0.25) is 0 Å². The number of carboxylic acid groups (broad SMARTS) is 1.